The molecule has 0 radical (unpaired) electrons. The normalized spacial score (nSPS) is 27.6. The highest BCUT2D eigenvalue weighted by molar-refractivity contribution is 5.83. The molecule has 1 saturated heterocycles. The van der Waals surface area contributed by atoms with E-state index in [-0.39, 0.29) is 11.9 Å². The van der Waals surface area contributed by atoms with Crippen molar-refractivity contribution in [3.8, 4) is 0 Å². The van der Waals surface area contributed by atoms with Crippen LogP contribution >= 0.6 is 0 Å². The van der Waals surface area contributed by atoms with Gasteiger partial charge in [-0.25, -0.2) is 0 Å². The fraction of sp³-hybridized carbons (Fsp3) is 0.818. The molecule has 0 aromatic rings. The Bertz CT molecular complexity index is 293. The molecule has 1 aliphatic rings. The summed E-state index contributed by atoms with van der Waals surface area (Å²) in [5.41, 5.74) is -0.790. The van der Waals surface area contributed by atoms with E-state index in [1.807, 2.05) is 0 Å². The number of hydrogen-bond acceptors (Lipinski definition) is 3. The molecular weight excluding hydrogens is 208 g/mol. The van der Waals surface area contributed by atoms with E-state index in [0.29, 0.717) is 19.5 Å². The Morgan fingerprint density at radius 1 is 1.50 bits per heavy atom. The van der Waals surface area contributed by atoms with Gasteiger partial charge in [-0.1, -0.05) is 0 Å². The second-order valence-corrected chi connectivity index (χ2v) is 4.74. The van der Waals surface area contributed by atoms with Crippen LogP contribution in [0.2, 0.25) is 0 Å². The molecule has 5 nitrogen and oxygen atoms in total. The Morgan fingerprint density at radius 2 is 2.12 bits per heavy atom. The second kappa shape index (κ2) is 4.82. The number of nitrogens with zero attached hydrogens (tertiary/aromatic N) is 1. The molecule has 1 rings (SSSR count). The fourth-order valence-corrected chi connectivity index (χ4v) is 2.00. The number of rotatable bonds is 3. The van der Waals surface area contributed by atoms with Crippen molar-refractivity contribution in [1.29, 1.82) is 0 Å². The maximum atomic E-state index is 11.9. The minimum absolute atomic E-state index is 0.0188. The zero-order chi connectivity index (χ0) is 12.3. The number of likely N-dealkylation sites (tertiary alicyclic amines) is 1. The average Bonchev–Trinajstić information content (AvgIpc) is 2.27. The van der Waals surface area contributed by atoms with Crippen LogP contribution in [0.25, 0.3) is 0 Å². The van der Waals surface area contributed by atoms with Crippen LogP contribution in [0.15, 0.2) is 0 Å². The predicted octanol–water partition coefficient (Wildman–Crippen LogP) is 0.308. The highest BCUT2D eigenvalue weighted by atomic mass is 16.4. The summed E-state index contributed by atoms with van der Waals surface area (Å²) in [6.45, 7) is 4.47. The van der Waals surface area contributed by atoms with Crippen LogP contribution in [0.4, 0.5) is 0 Å². The van der Waals surface area contributed by atoms with Gasteiger partial charge in [0.25, 0.3) is 0 Å². The summed E-state index contributed by atoms with van der Waals surface area (Å²) in [4.78, 5) is 24.7. The van der Waals surface area contributed by atoms with Gasteiger partial charge in [-0.3, -0.25) is 9.59 Å². The Balaban J connectivity index is 2.71. The second-order valence-electron chi connectivity index (χ2n) is 4.74. The van der Waals surface area contributed by atoms with E-state index in [1.165, 1.54) is 0 Å². The van der Waals surface area contributed by atoms with Gasteiger partial charge in [-0.2, -0.15) is 0 Å². The topological polar surface area (TPSA) is 69.6 Å². The summed E-state index contributed by atoms with van der Waals surface area (Å²) < 4.78 is 0. The van der Waals surface area contributed by atoms with Crippen molar-refractivity contribution >= 4 is 11.9 Å². The molecule has 2 N–H and O–H groups in total. The van der Waals surface area contributed by atoms with Crippen molar-refractivity contribution in [3.63, 3.8) is 0 Å². The molecule has 0 spiro atoms. The van der Waals surface area contributed by atoms with E-state index in [4.69, 9.17) is 5.11 Å². The summed E-state index contributed by atoms with van der Waals surface area (Å²) in [6, 6.07) is -0.254. The monoisotopic (exact) mass is 228 g/mol. The van der Waals surface area contributed by atoms with Gasteiger partial charge in [0.1, 0.15) is 0 Å². The minimum atomic E-state index is -0.817. The first kappa shape index (κ1) is 13.0. The first-order chi connectivity index (χ1) is 7.40. The number of nitrogens with one attached hydrogen (secondary N) is 1. The number of carbonyl (C=O) groups excluding carboxylic acids is 1. The molecule has 2 atom stereocenters. The smallest absolute Gasteiger partial charge is 0.311 e. The first-order valence-corrected chi connectivity index (χ1v) is 5.60. The molecule has 16 heavy (non-hydrogen) atoms. The first-order valence-electron chi connectivity index (χ1n) is 5.60. The van der Waals surface area contributed by atoms with Crippen molar-refractivity contribution in [3.05, 3.63) is 0 Å². The minimum Gasteiger partial charge on any atom is -0.481 e. The standard InChI is InChI=1S/C11H20N2O3/c1-8(12-3)9(14)13-6-4-5-11(2,7-13)10(15)16/h8,12H,4-7H2,1-3H3,(H,15,16). The van der Waals surface area contributed by atoms with Gasteiger partial charge in [-0.05, 0) is 33.7 Å². The third-order valence-corrected chi connectivity index (χ3v) is 3.33. The summed E-state index contributed by atoms with van der Waals surface area (Å²) in [5, 5.41) is 12.0. The van der Waals surface area contributed by atoms with Gasteiger partial charge in [0, 0.05) is 13.1 Å². The van der Waals surface area contributed by atoms with Crippen molar-refractivity contribution in [2.75, 3.05) is 20.1 Å². The zero-order valence-electron chi connectivity index (χ0n) is 10.1. The fourth-order valence-electron chi connectivity index (χ4n) is 2.00. The third kappa shape index (κ3) is 2.52. The Kier molecular flexibility index (Phi) is 3.91. The van der Waals surface area contributed by atoms with E-state index < -0.39 is 11.4 Å². The summed E-state index contributed by atoms with van der Waals surface area (Å²) >= 11 is 0. The lowest BCUT2D eigenvalue weighted by Crippen LogP contribution is -2.52. The third-order valence-electron chi connectivity index (χ3n) is 3.33. The quantitative estimate of drug-likeness (QED) is 0.729. The van der Waals surface area contributed by atoms with Crippen LogP contribution in [0.3, 0.4) is 0 Å². The molecule has 1 aliphatic heterocycles. The maximum Gasteiger partial charge on any atom is 0.311 e. The van der Waals surface area contributed by atoms with Gasteiger partial charge in [0.15, 0.2) is 0 Å². The molecule has 1 heterocycles. The number of carboxylic acid groups (broad SMARTS) is 1. The Morgan fingerprint density at radius 3 is 2.62 bits per heavy atom. The molecule has 92 valence electrons. The molecule has 0 saturated carbocycles. The molecular formula is C11H20N2O3. The number of hydrogen-bond donors (Lipinski definition) is 2. The molecule has 1 amide bonds. The Labute approximate surface area is 95.8 Å². The highest BCUT2D eigenvalue weighted by Gasteiger charge is 2.39. The molecule has 1 fully saturated rings. The van der Waals surface area contributed by atoms with Crippen molar-refractivity contribution < 1.29 is 14.7 Å². The molecule has 2 unspecified atom stereocenters. The van der Waals surface area contributed by atoms with Gasteiger partial charge in [0.2, 0.25) is 5.91 Å². The van der Waals surface area contributed by atoms with E-state index in [9.17, 15) is 9.59 Å². The lowest BCUT2D eigenvalue weighted by molar-refractivity contribution is -0.153. The van der Waals surface area contributed by atoms with Crippen LogP contribution < -0.4 is 5.32 Å². The Hall–Kier alpha value is -1.10. The average molecular weight is 228 g/mol. The van der Waals surface area contributed by atoms with Crippen LogP contribution in [-0.4, -0.2) is 48.1 Å². The maximum absolute atomic E-state index is 11.9. The molecule has 5 heteroatoms. The van der Waals surface area contributed by atoms with Crippen LogP contribution in [0, 0.1) is 5.41 Å². The van der Waals surface area contributed by atoms with E-state index in [1.54, 1.807) is 25.8 Å². The van der Waals surface area contributed by atoms with E-state index >= 15 is 0 Å². The largest absolute Gasteiger partial charge is 0.481 e. The van der Waals surface area contributed by atoms with Gasteiger partial charge in [0.05, 0.1) is 11.5 Å². The van der Waals surface area contributed by atoms with Crippen LogP contribution in [0.5, 0.6) is 0 Å². The number of carbonyl (C=O) groups is 2. The highest BCUT2D eigenvalue weighted by Crippen LogP contribution is 2.29. The van der Waals surface area contributed by atoms with Gasteiger partial charge >= 0.3 is 5.97 Å². The lowest BCUT2D eigenvalue weighted by atomic mass is 9.82. The summed E-state index contributed by atoms with van der Waals surface area (Å²) in [6.07, 6.45) is 1.39. The zero-order valence-corrected chi connectivity index (χ0v) is 10.1. The summed E-state index contributed by atoms with van der Waals surface area (Å²) in [5.74, 6) is -0.836. The number of carboxylic acids is 1. The SMILES string of the molecule is CNC(C)C(=O)N1CCCC(C)(C(=O)O)C1. The number of aliphatic carboxylic acids is 1. The predicted molar refractivity (Wildman–Crippen MR) is 60.1 cm³/mol. The van der Waals surface area contributed by atoms with Crippen LogP contribution in [-0.2, 0) is 9.59 Å². The van der Waals surface area contributed by atoms with Gasteiger partial charge < -0.3 is 15.3 Å². The molecule has 0 aromatic heterocycles. The van der Waals surface area contributed by atoms with Gasteiger partial charge in [-0.15, -0.1) is 0 Å². The molecule has 0 aliphatic carbocycles. The van der Waals surface area contributed by atoms with E-state index in [0.717, 1.165) is 6.42 Å². The summed E-state index contributed by atoms with van der Waals surface area (Å²) in [7, 11) is 1.73. The number of amides is 1. The van der Waals surface area contributed by atoms with Crippen molar-refractivity contribution in [2.24, 2.45) is 5.41 Å². The van der Waals surface area contributed by atoms with Crippen molar-refractivity contribution in [2.45, 2.75) is 32.7 Å². The number of piperidine rings is 1. The lowest BCUT2D eigenvalue weighted by Gasteiger charge is -2.38. The van der Waals surface area contributed by atoms with Crippen LogP contribution in [0.1, 0.15) is 26.7 Å². The number of likely N-dealkylation sites (N-methyl/N-ethyl adjacent to an activating group) is 1. The molecule has 0 aromatic carbocycles. The van der Waals surface area contributed by atoms with E-state index in [2.05, 4.69) is 5.32 Å². The van der Waals surface area contributed by atoms with Crippen molar-refractivity contribution in [1.82, 2.24) is 10.2 Å². The molecule has 0 bridgehead atoms.